The van der Waals surface area contributed by atoms with Crippen molar-refractivity contribution in [3.05, 3.63) is 35.6 Å². The van der Waals surface area contributed by atoms with Crippen molar-refractivity contribution in [2.75, 3.05) is 6.54 Å². The first-order valence-corrected chi connectivity index (χ1v) is 7.10. The van der Waals surface area contributed by atoms with Crippen LogP contribution in [0.5, 0.6) is 0 Å². The van der Waals surface area contributed by atoms with Gasteiger partial charge in [0, 0.05) is 24.7 Å². The summed E-state index contributed by atoms with van der Waals surface area (Å²) in [4.78, 5) is 2.42. The number of hydrogen-bond donors (Lipinski definition) is 2. The molecule has 1 aromatic carbocycles. The Bertz CT molecular complexity index is 440. The van der Waals surface area contributed by atoms with Gasteiger partial charge in [0.2, 0.25) is 0 Å². The van der Waals surface area contributed by atoms with Gasteiger partial charge in [-0.1, -0.05) is 12.1 Å². The molecule has 0 aliphatic carbocycles. The first kappa shape index (κ1) is 13.0. The molecule has 2 aliphatic rings. The Balaban J connectivity index is 1.87. The highest BCUT2D eigenvalue weighted by Gasteiger charge is 2.43. The van der Waals surface area contributed by atoms with Gasteiger partial charge in [-0.05, 0) is 43.4 Å². The second kappa shape index (κ2) is 5.19. The van der Waals surface area contributed by atoms with E-state index in [1.54, 1.807) is 12.1 Å². The predicted octanol–water partition coefficient (Wildman–Crippen LogP) is 1.81. The molecule has 1 aromatic rings. The number of fused-ring (bicyclic) bond motifs is 2. The van der Waals surface area contributed by atoms with Crippen LogP contribution in [0.1, 0.15) is 37.3 Å². The Morgan fingerprint density at radius 3 is 2.58 bits per heavy atom. The van der Waals surface area contributed by atoms with E-state index in [1.165, 1.54) is 6.07 Å². The molecule has 3 unspecified atom stereocenters. The van der Waals surface area contributed by atoms with Gasteiger partial charge in [-0.15, -0.1) is 0 Å². The van der Waals surface area contributed by atoms with E-state index in [1.807, 2.05) is 6.07 Å². The zero-order valence-corrected chi connectivity index (χ0v) is 11.0. The molecular formula is C15H21FN2O. The number of aliphatic hydroxyl groups is 1. The minimum atomic E-state index is -0.208. The fourth-order valence-electron chi connectivity index (χ4n) is 3.84. The standard InChI is InChI=1S/C15H21FN2O/c16-11-3-1-2-10(6-11)15(9-17)18-12-4-5-13(18)8-14(19)7-12/h1-3,6,12-15,19H,4-5,7-9,17H2. The maximum absolute atomic E-state index is 13.4. The Hall–Kier alpha value is -0.970. The summed E-state index contributed by atoms with van der Waals surface area (Å²) < 4.78 is 13.4. The van der Waals surface area contributed by atoms with Crippen molar-refractivity contribution in [2.45, 2.75) is 49.9 Å². The summed E-state index contributed by atoms with van der Waals surface area (Å²) in [5, 5.41) is 9.86. The van der Waals surface area contributed by atoms with Gasteiger partial charge in [-0.2, -0.15) is 0 Å². The highest BCUT2D eigenvalue weighted by Crippen LogP contribution is 2.41. The van der Waals surface area contributed by atoms with E-state index < -0.39 is 0 Å². The monoisotopic (exact) mass is 264 g/mol. The Morgan fingerprint density at radius 2 is 2.00 bits per heavy atom. The summed E-state index contributed by atoms with van der Waals surface area (Å²) in [6.45, 7) is 0.493. The molecule has 19 heavy (non-hydrogen) atoms. The molecule has 0 amide bonds. The van der Waals surface area contributed by atoms with E-state index in [4.69, 9.17) is 5.73 Å². The molecule has 3 N–H and O–H groups in total. The van der Waals surface area contributed by atoms with Crippen molar-refractivity contribution < 1.29 is 9.50 Å². The SMILES string of the molecule is NCC(c1cccc(F)c1)N1C2CCC1CC(O)C2. The van der Waals surface area contributed by atoms with Crippen LogP contribution in [-0.4, -0.2) is 34.7 Å². The zero-order valence-electron chi connectivity index (χ0n) is 11.0. The lowest BCUT2D eigenvalue weighted by Gasteiger charge is -2.42. The lowest BCUT2D eigenvalue weighted by molar-refractivity contribution is 0.0115. The van der Waals surface area contributed by atoms with Gasteiger partial charge >= 0.3 is 0 Å². The third kappa shape index (κ3) is 2.40. The molecule has 3 rings (SSSR count). The minimum absolute atomic E-state index is 0.0701. The van der Waals surface area contributed by atoms with Crippen LogP contribution < -0.4 is 5.73 Å². The molecule has 2 fully saturated rings. The second-order valence-electron chi connectivity index (χ2n) is 5.76. The van der Waals surface area contributed by atoms with Crippen molar-refractivity contribution in [2.24, 2.45) is 5.73 Å². The van der Waals surface area contributed by atoms with Crippen LogP contribution in [0.4, 0.5) is 4.39 Å². The van der Waals surface area contributed by atoms with E-state index in [0.717, 1.165) is 31.2 Å². The van der Waals surface area contributed by atoms with Gasteiger partial charge in [-0.3, -0.25) is 4.90 Å². The van der Waals surface area contributed by atoms with Crippen molar-refractivity contribution in [1.29, 1.82) is 0 Å². The van der Waals surface area contributed by atoms with Crippen molar-refractivity contribution in [1.82, 2.24) is 4.90 Å². The summed E-state index contributed by atoms with van der Waals surface area (Å²) in [6.07, 6.45) is 3.70. The van der Waals surface area contributed by atoms with Gasteiger partial charge in [0.25, 0.3) is 0 Å². The number of nitrogens with zero attached hydrogens (tertiary/aromatic N) is 1. The van der Waals surface area contributed by atoms with Crippen LogP contribution in [0, 0.1) is 5.82 Å². The fraction of sp³-hybridized carbons (Fsp3) is 0.600. The molecule has 0 saturated carbocycles. The van der Waals surface area contributed by atoms with Gasteiger partial charge in [0.05, 0.1) is 6.10 Å². The second-order valence-corrected chi connectivity index (χ2v) is 5.76. The average molecular weight is 264 g/mol. The molecule has 104 valence electrons. The Kier molecular flexibility index (Phi) is 3.56. The average Bonchev–Trinajstić information content (AvgIpc) is 2.65. The molecule has 2 heterocycles. The quantitative estimate of drug-likeness (QED) is 0.875. The van der Waals surface area contributed by atoms with Crippen LogP contribution in [0.25, 0.3) is 0 Å². The summed E-state index contributed by atoms with van der Waals surface area (Å²) in [7, 11) is 0. The number of halogens is 1. The van der Waals surface area contributed by atoms with Gasteiger partial charge in [-0.25, -0.2) is 4.39 Å². The molecule has 3 atom stereocenters. The molecule has 3 nitrogen and oxygen atoms in total. The third-order valence-corrected chi connectivity index (χ3v) is 4.58. The number of hydrogen-bond acceptors (Lipinski definition) is 3. The molecule has 0 aromatic heterocycles. The maximum Gasteiger partial charge on any atom is 0.123 e. The van der Waals surface area contributed by atoms with Crippen LogP contribution in [0.2, 0.25) is 0 Å². The van der Waals surface area contributed by atoms with E-state index in [2.05, 4.69) is 4.90 Å². The normalized spacial score (nSPS) is 32.5. The molecule has 0 spiro atoms. The van der Waals surface area contributed by atoms with Crippen LogP contribution in [0.15, 0.2) is 24.3 Å². The summed E-state index contributed by atoms with van der Waals surface area (Å²) >= 11 is 0. The fourth-order valence-corrected chi connectivity index (χ4v) is 3.84. The largest absolute Gasteiger partial charge is 0.393 e. The Labute approximate surface area is 113 Å². The molecule has 2 aliphatic heterocycles. The topological polar surface area (TPSA) is 49.5 Å². The molecule has 2 saturated heterocycles. The lowest BCUT2D eigenvalue weighted by atomic mass is 9.94. The van der Waals surface area contributed by atoms with Crippen LogP contribution in [0.3, 0.4) is 0 Å². The van der Waals surface area contributed by atoms with Crippen molar-refractivity contribution in [3.8, 4) is 0 Å². The molecule has 0 radical (unpaired) electrons. The third-order valence-electron chi connectivity index (χ3n) is 4.58. The number of aliphatic hydroxyl groups excluding tert-OH is 1. The molecular weight excluding hydrogens is 243 g/mol. The van der Waals surface area contributed by atoms with Gasteiger partial charge in [0.1, 0.15) is 5.82 Å². The van der Waals surface area contributed by atoms with Crippen molar-refractivity contribution in [3.63, 3.8) is 0 Å². The highest BCUT2D eigenvalue weighted by atomic mass is 19.1. The first-order valence-electron chi connectivity index (χ1n) is 7.10. The predicted molar refractivity (Wildman–Crippen MR) is 72.1 cm³/mol. The molecule has 2 bridgehead atoms. The van der Waals surface area contributed by atoms with Crippen molar-refractivity contribution >= 4 is 0 Å². The molecule has 4 heteroatoms. The number of rotatable bonds is 3. The Morgan fingerprint density at radius 1 is 1.32 bits per heavy atom. The summed E-state index contributed by atoms with van der Waals surface area (Å²) in [5.74, 6) is -0.208. The van der Waals surface area contributed by atoms with E-state index >= 15 is 0 Å². The smallest absolute Gasteiger partial charge is 0.123 e. The zero-order chi connectivity index (χ0) is 13.4. The lowest BCUT2D eigenvalue weighted by Crippen LogP contribution is -2.48. The highest BCUT2D eigenvalue weighted by molar-refractivity contribution is 5.22. The summed E-state index contributed by atoms with van der Waals surface area (Å²) in [6, 6.07) is 7.60. The first-order chi connectivity index (χ1) is 9.19. The van der Waals surface area contributed by atoms with Gasteiger partial charge < -0.3 is 10.8 Å². The van der Waals surface area contributed by atoms with Gasteiger partial charge in [0.15, 0.2) is 0 Å². The van der Waals surface area contributed by atoms with Crippen LogP contribution in [-0.2, 0) is 0 Å². The number of benzene rings is 1. The van der Waals surface area contributed by atoms with Crippen LogP contribution >= 0.6 is 0 Å². The number of piperidine rings is 1. The van der Waals surface area contributed by atoms with E-state index in [-0.39, 0.29) is 18.0 Å². The van der Waals surface area contributed by atoms with E-state index in [0.29, 0.717) is 18.6 Å². The number of nitrogens with two attached hydrogens (primary N) is 1. The summed E-state index contributed by atoms with van der Waals surface area (Å²) in [5.41, 5.74) is 6.90. The van der Waals surface area contributed by atoms with E-state index in [9.17, 15) is 9.50 Å². The minimum Gasteiger partial charge on any atom is -0.393 e. The maximum atomic E-state index is 13.4.